The molecule has 0 fully saturated rings. The van der Waals surface area contributed by atoms with Crippen molar-refractivity contribution >= 4 is 11.0 Å². The quantitative estimate of drug-likeness (QED) is 0.562. The molecule has 1 N–H and O–H groups in total. The Balaban J connectivity index is 1.74. The highest BCUT2D eigenvalue weighted by molar-refractivity contribution is 5.94. The van der Waals surface area contributed by atoms with Crippen molar-refractivity contribution in [2.45, 2.75) is 0 Å². The summed E-state index contributed by atoms with van der Waals surface area (Å²) in [6.45, 7) is 1.48. The molecule has 0 aliphatic rings. The van der Waals surface area contributed by atoms with Crippen molar-refractivity contribution in [1.29, 1.82) is 0 Å². The van der Waals surface area contributed by atoms with Crippen molar-refractivity contribution in [2.75, 3.05) is 27.2 Å². The molecule has 28 heavy (non-hydrogen) atoms. The molecule has 0 radical (unpaired) electrons. The molecule has 0 aliphatic heterocycles. The Hall–Kier alpha value is -3.38. The molecule has 2 aromatic heterocycles. The molecule has 0 spiro atoms. The summed E-state index contributed by atoms with van der Waals surface area (Å²) in [6, 6.07) is 17.7. The molecule has 0 amide bonds. The van der Waals surface area contributed by atoms with E-state index in [1.807, 2.05) is 79.5 Å². The zero-order chi connectivity index (χ0) is 19.5. The van der Waals surface area contributed by atoms with Gasteiger partial charge in [-0.2, -0.15) is 0 Å². The van der Waals surface area contributed by atoms with Gasteiger partial charge in [0.05, 0.1) is 11.7 Å². The van der Waals surface area contributed by atoms with Crippen molar-refractivity contribution < 1.29 is 4.74 Å². The molecule has 142 valence electrons. The second-order valence-electron chi connectivity index (χ2n) is 6.85. The average Bonchev–Trinajstić information content (AvgIpc) is 3.10. The number of hydrogen-bond acceptors (Lipinski definition) is 4. The van der Waals surface area contributed by atoms with Crippen LogP contribution in [0.4, 0.5) is 0 Å². The maximum absolute atomic E-state index is 12.6. The molecule has 2 heterocycles. The Bertz CT molecular complexity index is 1130. The number of rotatable bonds is 6. The molecule has 0 bridgehead atoms. The summed E-state index contributed by atoms with van der Waals surface area (Å²) in [4.78, 5) is 21.7. The number of fused-ring (bicyclic) bond motifs is 1. The third-order valence-corrected chi connectivity index (χ3v) is 4.60. The number of ether oxygens (including phenoxy) is 1. The van der Waals surface area contributed by atoms with Crippen molar-refractivity contribution in [2.24, 2.45) is 0 Å². The van der Waals surface area contributed by atoms with E-state index in [9.17, 15) is 4.79 Å². The van der Waals surface area contributed by atoms with E-state index in [2.05, 4.69) is 14.9 Å². The fraction of sp³-hybridized carbons (Fsp3) is 0.182. The highest BCUT2D eigenvalue weighted by Gasteiger charge is 2.15. The van der Waals surface area contributed by atoms with Crippen molar-refractivity contribution in [1.82, 2.24) is 19.4 Å². The molecule has 2 aromatic carbocycles. The Kier molecular flexibility index (Phi) is 4.95. The number of benzene rings is 2. The minimum Gasteiger partial charge on any atom is -0.492 e. The zero-order valence-electron chi connectivity index (χ0n) is 15.9. The Morgan fingerprint density at radius 2 is 1.82 bits per heavy atom. The molecule has 0 saturated heterocycles. The topological polar surface area (TPSA) is 63.1 Å². The number of para-hydroxylation sites is 1. The second-order valence-corrected chi connectivity index (χ2v) is 6.85. The lowest BCUT2D eigenvalue weighted by Gasteiger charge is -2.11. The molecule has 0 saturated carbocycles. The van der Waals surface area contributed by atoms with Gasteiger partial charge in [-0.05, 0) is 43.9 Å². The van der Waals surface area contributed by atoms with E-state index in [1.165, 1.54) is 6.33 Å². The smallest absolute Gasteiger partial charge is 0.260 e. The van der Waals surface area contributed by atoms with Crippen LogP contribution in [0.1, 0.15) is 0 Å². The Morgan fingerprint density at radius 1 is 1.07 bits per heavy atom. The molecule has 6 heteroatoms. The maximum atomic E-state index is 12.6. The first kappa shape index (κ1) is 18.0. The number of aromatic amines is 1. The van der Waals surface area contributed by atoms with Crippen molar-refractivity contribution in [3.63, 3.8) is 0 Å². The summed E-state index contributed by atoms with van der Waals surface area (Å²) in [5, 5.41) is 0.577. The van der Waals surface area contributed by atoms with Crippen LogP contribution in [0.3, 0.4) is 0 Å². The molecule has 0 atom stereocenters. The van der Waals surface area contributed by atoms with E-state index in [0.29, 0.717) is 17.6 Å². The summed E-state index contributed by atoms with van der Waals surface area (Å²) < 4.78 is 7.71. The van der Waals surface area contributed by atoms with Gasteiger partial charge in [0.15, 0.2) is 5.65 Å². The minimum atomic E-state index is -0.152. The highest BCUT2D eigenvalue weighted by Crippen LogP contribution is 2.30. The van der Waals surface area contributed by atoms with E-state index in [4.69, 9.17) is 4.74 Å². The SMILES string of the molecule is CN(C)CCOc1ccc(-c2cn(-c3ccccc3)c3nc[nH]c(=O)c23)cc1. The molecule has 4 aromatic rings. The van der Waals surface area contributed by atoms with Crippen LogP contribution in [0.25, 0.3) is 27.8 Å². The van der Waals surface area contributed by atoms with E-state index in [-0.39, 0.29) is 5.56 Å². The van der Waals surface area contributed by atoms with E-state index >= 15 is 0 Å². The summed E-state index contributed by atoms with van der Waals surface area (Å²) in [5.41, 5.74) is 3.23. The summed E-state index contributed by atoms with van der Waals surface area (Å²) in [7, 11) is 4.03. The fourth-order valence-corrected chi connectivity index (χ4v) is 3.15. The zero-order valence-corrected chi connectivity index (χ0v) is 15.9. The first-order valence-corrected chi connectivity index (χ1v) is 9.15. The van der Waals surface area contributed by atoms with Crippen LogP contribution in [0.2, 0.25) is 0 Å². The summed E-state index contributed by atoms with van der Waals surface area (Å²) >= 11 is 0. The molecule has 0 unspecified atom stereocenters. The van der Waals surface area contributed by atoms with Gasteiger partial charge in [0.1, 0.15) is 12.4 Å². The minimum absolute atomic E-state index is 0.152. The van der Waals surface area contributed by atoms with Gasteiger partial charge in [-0.3, -0.25) is 4.79 Å². The van der Waals surface area contributed by atoms with Crippen LogP contribution in [0.5, 0.6) is 5.75 Å². The largest absolute Gasteiger partial charge is 0.492 e. The van der Waals surface area contributed by atoms with Crippen molar-refractivity contribution in [3.05, 3.63) is 77.5 Å². The molecular formula is C22H22N4O2. The van der Waals surface area contributed by atoms with Gasteiger partial charge in [-0.25, -0.2) is 4.98 Å². The fourth-order valence-electron chi connectivity index (χ4n) is 3.15. The molecule has 6 nitrogen and oxygen atoms in total. The molecule has 4 rings (SSSR count). The highest BCUT2D eigenvalue weighted by atomic mass is 16.5. The predicted molar refractivity (Wildman–Crippen MR) is 111 cm³/mol. The number of H-pyrrole nitrogens is 1. The molecular weight excluding hydrogens is 352 g/mol. The third-order valence-electron chi connectivity index (χ3n) is 4.60. The van der Waals surface area contributed by atoms with Crippen LogP contribution in [0.15, 0.2) is 71.9 Å². The average molecular weight is 374 g/mol. The number of nitrogens with one attached hydrogen (secondary N) is 1. The van der Waals surface area contributed by atoms with Crippen molar-refractivity contribution in [3.8, 4) is 22.6 Å². The Morgan fingerprint density at radius 3 is 2.54 bits per heavy atom. The van der Waals surface area contributed by atoms with Crippen LogP contribution < -0.4 is 10.3 Å². The van der Waals surface area contributed by atoms with E-state index < -0.39 is 0 Å². The lowest BCUT2D eigenvalue weighted by molar-refractivity contribution is 0.261. The first-order chi connectivity index (χ1) is 13.6. The van der Waals surface area contributed by atoms with Gasteiger partial charge >= 0.3 is 0 Å². The van der Waals surface area contributed by atoms with Crippen LogP contribution in [0, 0.1) is 0 Å². The van der Waals surface area contributed by atoms with Gasteiger partial charge in [-0.15, -0.1) is 0 Å². The lowest BCUT2D eigenvalue weighted by atomic mass is 10.1. The van der Waals surface area contributed by atoms with Gasteiger partial charge in [-0.1, -0.05) is 30.3 Å². The monoisotopic (exact) mass is 374 g/mol. The van der Waals surface area contributed by atoms with Gasteiger partial charge < -0.3 is 19.2 Å². The number of hydrogen-bond donors (Lipinski definition) is 1. The first-order valence-electron chi connectivity index (χ1n) is 9.15. The lowest BCUT2D eigenvalue weighted by Crippen LogP contribution is -2.19. The van der Waals surface area contributed by atoms with E-state index in [0.717, 1.165) is 29.1 Å². The number of likely N-dealkylation sites (N-methyl/N-ethyl adjacent to an activating group) is 1. The van der Waals surface area contributed by atoms with Crippen LogP contribution in [-0.4, -0.2) is 46.7 Å². The summed E-state index contributed by atoms with van der Waals surface area (Å²) in [6.07, 6.45) is 3.40. The molecule has 0 aliphatic carbocycles. The van der Waals surface area contributed by atoms with Gasteiger partial charge in [0, 0.05) is 24.0 Å². The Labute approximate surface area is 163 Å². The second kappa shape index (κ2) is 7.70. The van der Waals surface area contributed by atoms with Crippen LogP contribution in [-0.2, 0) is 0 Å². The predicted octanol–water partition coefficient (Wildman–Crippen LogP) is 3.32. The van der Waals surface area contributed by atoms with E-state index in [1.54, 1.807) is 0 Å². The van der Waals surface area contributed by atoms with Gasteiger partial charge in [0.2, 0.25) is 0 Å². The van der Waals surface area contributed by atoms with Crippen LogP contribution >= 0.6 is 0 Å². The standard InChI is InChI=1S/C22H22N4O2/c1-25(2)12-13-28-18-10-8-16(9-11-18)19-14-26(17-6-4-3-5-7-17)21-20(19)22(27)24-15-23-21/h3-11,14-15H,12-13H2,1-2H3,(H,23,24,27). The summed E-state index contributed by atoms with van der Waals surface area (Å²) in [5.74, 6) is 0.810. The maximum Gasteiger partial charge on any atom is 0.260 e. The third kappa shape index (κ3) is 3.54. The normalized spacial score (nSPS) is 11.2. The number of nitrogens with zero attached hydrogens (tertiary/aromatic N) is 3. The van der Waals surface area contributed by atoms with Gasteiger partial charge in [0.25, 0.3) is 5.56 Å². The number of aromatic nitrogens is 3.